The topological polar surface area (TPSA) is 56.7 Å². The third-order valence-electron chi connectivity index (χ3n) is 6.78. The first-order valence-electron chi connectivity index (χ1n) is 9.94. The van der Waals surface area contributed by atoms with E-state index in [1.807, 2.05) is 7.05 Å². The molecule has 2 aliphatic carbocycles. The lowest BCUT2D eigenvalue weighted by molar-refractivity contribution is -0.119. The number of piperidine rings is 1. The molecule has 24 heavy (non-hydrogen) atoms. The quantitative estimate of drug-likeness (QED) is 0.602. The van der Waals surface area contributed by atoms with E-state index < -0.39 is 0 Å². The van der Waals surface area contributed by atoms with Crippen molar-refractivity contribution in [3.63, 3.8) is 0 Å². The number of hydrogen-bond acceptors (Lipinski definition) is 2. The molecule has 0 aromatic heterocycles. The van der Waals surface area contributed by atoms with Crippen molar-refractivity contribution in [3.05, 3.63) is 0 Å². The number of rotatable bonds is 2. The van der Waals surface area contributed by atoms with Crippen LogP contribution >= 0.6 is 0 Å². The molecule has 2 heterocycles. The van der Waals surface area contributed by atoms with Gasteiger partial charge in [0.1, 0.15) is 0 Å². The van der Waals surface area contributed by atoms with E-state index in [1.54, 1.807) is 0 Å². The molecular formula is C19H32N4O. The molecule has 0 aromatic carbocycles. The second-order valence-corrected chi connectivity index (χ2v) is 8.57. The van der Waals surface area contributed by atoms with Crippen molar-refractivity contribution >= 4 is 11.9 Å². The molecule has 3 atom stereocenters. The van der Waals surface area contributed by atoms with Gasteiger partial charge in [-0.3, -0.25) is 9.79 Å². The van der Waals surface area contributed by atoms with Crippen molar-refractivity contribution in [1.29, 1.82) is 0 Å². The van der Waals surface area contributed by atoms with Crippen LogP contribution in [0, 0.1) is 17.3 Å². The molecule has 1 amide bonds. The van der Waals surface area contributed by atoms with Crippen molar-refractivity contribution < 1.29 is 4.79 Å². The van der Waals surface area contributed by atoms with Crippen LogP contribution in [0.25, 0.3) is 0 Å². The smallest absolute Gasteiger partial charge is 0.220 e. The van der Waals surface area contributed by atoms with Gasteiger partial charge in [0.15, 0.2) is 5.96 Å². The molecule has 4 rings (SSSR count). The Bertz CT molecular complexity index is 513. The van der Waals surface area contributed by atoms with E-state index in [2.05, 4.69) is 20.5 Å². The Balaban J connectivity index is 1.33. The van der Waals surface area contributed by atoms with Crippen molar-refractivity contribution in [2.24, 2.45) is 22.2 Å². The van der Waals surface area contributed by atoms with Crippen molar-refractivity contribution in [1.82, 2.24) is 15.5 Å². The molecule has 2 saturated heterocycles. The minimum Gasteiger partial charge on any atom is -0.355 e. The molecule has 2 aliphatic heterocycles. The third-order valence-corrected chi connectivity index (χ3v) is 6.78. The van der Waals surface area contributed by atoms with E-state index in [4.69, 9.17) is 0 Å². The number of amides is 1. The zero-order valence-electron chi connectivity index (χ0n) is 15.0. The van der Waals surface area contributed by atoms with Crippen LogP contribution in [-0.4, -0.2) is 49.5 Å². The van der Waals surface area contributed by atoms with E-state index in [1.165, 1.54) is 38.5 Å². The van der Waals surface area contributed by atoms with Gasteiger partial charge in [0.25, 0.3) is 0 Å². The second-order valence-electron chi connectivity index (χ2n) is 8.57. The van der Waals surface area contributed by atoms with Crippen molar-refractivity contribution in [2.45, 2.75) is 63.8 Å². The maximum atomic E-state index is 11.7. The van der Waals surface area contributed by atoms with Gasteiger partial charge in [-0.15, -0.1) is 0 Å². The van der Waals surface area contributed by atoms with Crippen LogP contribution in [0.4, 0.5) is 0 Å². The fraction of sp³-hybridized carbons (Fsp3) is 0.895. The highest BCUT2D eigenvalue weighted by Crippen LogP contribution is 2.44. The summed E-state index contributed by atoms with van der Waals surface area (Å²) in [5, 5.41) is 6.78. The molecule has 2 N–H and O–H groups in total. The van der Waals surface area contributed by atoms with Crippen LogP contribution in [0.15, 0.2) is 4.99 Å². The monoisotopic (exact) mass is 332 g/mol. The number of aliphatic imine (C=N–C) groups is 1. The van der Waals surface area contributed by atoms with Crippen LogP contribution in [-0.2, 0) is 4.79 Å². The molecule has 5 nitrogen and oxygen atoms in total. The molecule has 134 valence electrons. The zero-order valence-corrected chi connectivity index (χ0v) is 15.0. The lowest BCUT2D eigenvalue weighted by Crippen LogP contribution is -2.52. The molecule has 3 unspecified atom stereocenters. The second kappa shape index (κ2) is 6.57. The van der Waals surface area contributed by atoms with Crippen LogP contribution in [0.2, 0.25) is 0 Å². The zero-order chi connectivity index (χ0) is 16.6. The molecular weight excluding hydrogens is 300 g/mol. The lowest BCUT2D eigenvalue weighted by Gasteiger charge is -2.41. The van der Waals surface area contributed by atoms with Gasteiger partial charge in [-0.25, -0.2) is 0 Å². The molecule has 0 aromatic rings. The summed E-state index contributed by atoms with van der Waals surface area (Å²) in [6, 6.07) is 0.632. The Morgan fingerprint density at radius 2 is 2.12 bits per heavy atom. The Morgan fingerprint density at radius 3 is 2.83 bits per heavy atom. The fourth-order valence-electron chi connectivity index (χ4n) is 5.36. The van der Waals surface area contributed by atoms with Gasteiger partial charge in [-0.1, -0.05) is 32.1 Å². The Kier molecular flexibility index (Phi) is 4.44. The number of likely N-dealkylation sites (tertiary alicyclic amines) is 1. The summed E-state index contributed by atoms with van der Waals surface area (Å²) < 4.78 is 0. The summed E-state index contributed by atoms with van der Waals surface area (Å²) in [6.07, 6.45) is 11.5. The van der Waals surface area contributed by atoms with Gasteiger partial charge >= 0.3 is 0 Å². The van der Waals surface area contributed by atoms with E-state index in [9.17, 15) is 4.79 Å². The van der Waals surface area contributed by atoms with Gasteiger partial charge in [-0.2, -0.15) is 0 Å². The number of hydrogen-bond donors (Lipinski definition) is 2. The predicted molar refractivity (Wildman–Crippen MR) is 95.8 cm³/mol. The predicted octanol–water partition coefficient (Wildman–Crippen LogP) is 2.13. The first-order valence-corrected chi connectivity index (χ1v) is 9.94. The number of nitrogens with one attached hydrogen (secondary N) is 2. The first kappa shape index (κ1) is 16.2. The molecule has 5 heteroatoms. The van der Waals surface area contributed by atoms with Crippen LogP contribution in [0.3, 0.4) is 0 Å². The van der Waals surface area contributed by atoms with Gasteiger partial charge < -0.3 is 15.5 Å². The summed E-state index contributed by atoms with van der Waals surface area (Å²) in [6.45, 7) is 2.87. The summed E-state index contributed by atoms with van der Waals surface area (Å²) in [5.41, 5.74) is 0.138. The van der Waals surface area contributed by atoms with Gasteiger partial charge in [0, 0.05) is 44.6 Å². The Morgan fingerprint density at radius 1 is 1.29 bits per heavy atom. The summed E-state index contributed by atoms with van der Waals surface area (Å²) in [5.74, 6) is 3.10. The standard InChI is InChI=1S/C19H32N4O/c1-20-18(22-16-10-15(16)14-6-3-2-4-7-14)23-9-5-8-19(13-23)11-17(24)21-12-19/h14-16H,2-13H2,1H3,(H,20,22)(H,21,24). The summed E-state index contributed by atoms with van der Waals surface area (Å²) in [7, 11) is 1.90. The minimum atomic E-state index is 0.138. The number of guanidine groups is 1. The number of carbonyl (C=O) groups is 1. The molecule has 4 aliphatic rings. The lowest BCUT2D eigenvalue weighted by atomic mass is 9.79. The van der Waals surface area contributed by atoms with Crippen LogP contribution in [0.5, 0.6) is 0 Å². The molecule has 0 radical (unpaired) electrons. The SMILES string of the molecule is CN=C(NC1CC1C1CCCCC1)N1CCCC2(CNC(=O)C2)C1. The van der Waals surface area contributed by atoms with Gasteiger partial charge in [-0.05, 0) is 31.1 Å². The molecule has 2 saturated carbocycles. The Labute approximate surface area is 145 Å². The van der Waals surface area contributed by atoms with E-state index >= 15 is 0 Å². The molecule has 0 bridgehead atoms. The summed E-state index contributed by atoms with van der Waals surface area (Å²) >= 11 is 0. The van der Waals surface area contributed by atoms with Crippen LogP contribution < -0.4 is 10.6 Å². The van der Waals surface area contributed by atoms with Crippen LogP contribution in [0.1, 0.15) is 57.8 Å². The third kappa shape index (κ3) is 3.27. The minimum absolute atomic E-state index is 0.138. The average Bonchev–Trinajstić information content (AvgIpc) is 3.30. The highest BCUT2D eigenvalue weighted by molar-refractivity contribution is 5.82. The highest BCUT2D eigenvalue weighted by Gasteiger charge is 2.46. The number of carbonyl (C=O) groups excluding carboxylic acids is 1. The van der Waals surface area contributed by atoms with Crippen molar-refractivity contribution in [3.8, 4) is 0 Å². The first-order chi connectivity index (χ1) is 11.7. The van der Waals surface area contributed by atoms with Crippen molar-refractivity contribution in [2.75, 3.05) is 26.7 Å². The van der Waals surface area contributed by atoms with Gasteiger partial charge in [0.05, 0.1) is 0 Å². The van der Waals surface area contributed by atoms with Gasteiger partial charge in [0.2, 0.25) is 5.91 Å². The van der Waals surface area contributed by atoms with E-state index in [0.717, 1.165) is 50.3 Å². The maximum absolute atomic E-state index is 11.7. The maximum Gasteiger partial charge on any atom is 0.220 e. The normalized spacial score (nSPS) is 37.6. The Hall–Kier alpha value is -1.26. The fourth-order valence-corrected chi connectivity index (χ4v) is 5.36. The molecule has 4 fully saturated rings. The largest absolute Gasteiger partial charge is 0.355 e. The summed E-state index contributed by atoms with van der Waals surface area (Å²) in [4.78, 5) is 18.7. The highest BCUT2D eigenvalue weighted by atomic mass is 16.1. The molecule has 1 spiro atoms. The number of nitrogens with zero attached hydrogens (tertiary/aromatic N) is 2. The average molecular weight is 332 g/mol. The van der Waals surface area contributed by atoms with E-state index in [0.29, 0.717) is 12.5 Å². The van der Waals surface area contributed by atoms with E-state index in [-0.39, 0.29) is 11.3 Å².